The lowest BCUT2D eigenvalue weighted by molar-refractivity contribution is 0.0983. The fraction of sp³-hybridized carbons (Fsp3) is 0.364. The maximum atomic E-state index is 13.4. The second kappa shape index (κ2) is 9.24. The van der Waals surface area contributed by atoms with Crippen LogP contribution in [-0.2, 0) is 9.84 Å². The zero-order chi connectivity index (χ0) is 21.9. The normalized spacial score (nSPS) is 11.9. The van der Waals surface area contributed by atoms with Crippen LogP contribution in [0.5, 0.6) is 0 Å². The smallest absolute Gasteiger partial charge is 0.260 e. The van der Waals surface area contributed by atoms with Crippen LogP contribution in [0.2, 0.25) is 0 Å². The van der Waals surface area contributed by atoms with Gasteiger partial charge in [0, 0.05) is 24.9 Å². The van der Waals surface area contributed by atoms with Gasteiger partial charge in [-0.3, -0.25) is 9.69 Å². The molecule has 0 fully saturated rings. The van der Waals surface area contributed by atoms with Crippen molar-refractivity contribution in [3.8, 4) is 0 Å². The molecule has 0 radical (unpaired) electrons. The number of sulfone groups is 1. The summed E-state index contributed by atoms with van der Waals surface area (Å²) in [7, 11) is -3.31. The van der Waals surface area contributed by atoms with Crippen LogP contribution in [0.1, 0.15) is 29.8 Å². The van der Waals surface area contributed by atoms with Gasteiger partial charge in [-0.2, -0.15) is 0 Å². The van der Waals surface area contributed by atoms with Gasteiger partial charge in [0.25, 0.3) is 5.91 Å². The summed E-state index contributed by atoms with van der Waals surface area (Å²) in [6, 6.07) is 12.4. The number of amides is 1. The van der Waals surface area contributed by atoms with E-state index in [1.807, 2.05) is 31.2 Å². The quantitative estimate of drug-likeness (QED) is 0.524. The summed E-state index contributed by atoms with van der Waals surface area (Å²) < 4.78 is 24.5. The number of carbonyl (C=O) groups excluding carboxylic acids is 1. The van der Waals surface area contributed by atoms with Gasteiger partial charge in [0.15, 0.2) is 15.0 Å². The van der Waals surface area contributed by atoms with Crippen LogP contribution in [0, 0.1) is 6.92 Å². The van der Waals surface area contributed by atoms with Crippen molar-refractivity contribution in [2.45, 2.75) is 25.7 Å². The zero-order valence-corrected chi connectivity index (χ0v) is 19.4. The number of hydrogen-bond donors (Lipinski definition) is 0. The topological polar surface area (TPSA) is 70.6 Å². The summed E-state index contributed by atoms with van der Waals surface area (Å²) in [4.78, 5) is 22.2. The lowest BCUT2D eigenvalue weighted by Crippen LogP contribution is -2.38. The van der Waals surface area contributed by atoms with E-state index in [4.69, 9.17) is 0 Å². The van der Waals surface area contributed by atoms with Gasteiger partial charge in [-0.15, -0.1) is 0 Å². The molecule has 30 heavy (non-hydrogen) atoms. The number of hydrogen-bond acceptors (Lipinski definition) is 6. The number of aryl methyl sites for hydroxylation is 1. The summed E-state index contributed by atoms with van der Waals surface area (Å²) in [6.07, 6.45) is 1.19. The number of fused-ring (bicyclic) bond motifs is 1. The largest absolute Gasteiger partial charge is 0.302 e. The highest BCUT2D eigenvalue weighted by atomic mass is 32.2. The first-order valence-electron chi connectivity index (χ1n) is 9.94. The third-order valence-electron chi connectivity index (χ3n) is 5.05. The number of thiazole rings is 1. The highest BCUT2D eigenvalue weighted by molar-refractivity contribution is 7.90. The van der Waals surface area contributed by atoms with E-state index in [0.717, 1.165) is 29.9 Å². The first kappa shape index (κ1) is 22.4. The van der Waals surface area contributed by atoms with E-state index in [2.05, 4.69) is 23.7 Å². The number of likely N-dealkylation sites (N-methyl/N-ethyl adjacent to an activating group) is 1. The Balaban J connectivity index is 2.01. The van der Waals surface area contributed by atoms with Crippen molar-refractivity contribution < 1.29 is 13.2 Å². The minimum atomic E-state index is -3.31. The van der Waals surface area contributed by atoms with Crippen LogP contribution in [0.4, 0.5) is 5.13 Å². The Labute approximate surface area is 182 Å². The molecular weight excluding hydrogens is 418 g/mol. The molecule has 0 bridgehead atoms. The van der Waals surface area contributed by atoms with Crippen LogP contribution in [0.3, 0.4) is 0 Å². The number of nitrogens with zero attached hydrogens (tertiary/aromatic N) is 3. The number of benzene rings is 2. The number of rotatable bonds is 8. The van der Waals surface area contributed by atoms with Crippen LogP contribution in [0.15, 0.2) is 47.4 Å². The Bertz CT molecular complexity index is 1150. The van der Waals surface area contributed by atoms with E-state index < -0.39 is 9.84 Å². The molecule has 0 atom stereocenters. The molecule has 2 aromatic carbocycles. The fourth-order valence-electron chi connectivity index (χ4n) is 3.24. The van der Waals surface area contributed by atoms with Gasteiger partial charge in [-0.25, -0.2) is 13.4 Å². The van der Waals surface area contributed by atoms with Crippen molar-refractivity contribution in [1.29, 1.82) is 0 Å². The van der Waals surface area contributed by atoms with Crippen molar-refractivity contribution in [1.82, 2.24) is 9.88 Å². The van der Waals surface area contributed by atoms with Gasteiger partial charge >= 0.3 is 0 Å². The number of anilines is 1. The third kappa shape index (κ3) is 5.06. The Hall–Kier alpha value is -2.29. The second-order valence-electron chi connectivity index (χ2n) is 7.25. The van der Waals surface area contributed by atoms with E-state index in [0.29, 0.717) is 22.8 Å². The predicted octanol–water partition coefficient (Wildman–Crippen LogP) is 4.00. The van der Waals surface area contributed by atoms with Crippen LogP contribution in [-0.4, -0.2) is 56.6 Å². The minimum Gasteiger partial charge on any atom is -0.302 e. The maximum Gasteiger partial charge on any atom is 0.260 e. The molecule has 0 spiro atoms. The second-order valence-corrected chi connectivity index (χ2v) is 10.3. The van der Waals surface area contributed by atoms with E-state index in [1.54, 1.807) is 23.1 Å². The lowest BCUT2D eigenvalue weighted by Gasteiger charge is -2.24. The predicted molar refractivity (Wildman–Crippen MR) is 123 cm³/mol. The molecule has 0 aliphatic carbocycles. The molecule has 0 saturated carbocycles. The first-order chi connectivity index (χ1) is 14.2. The summed E-state index contributed by atoms with van der Waals surface area (Å²) in [5.74, 6) is -0.103. The average molecular weight is 446 g/mol. The lowest BCUT2D eigenvalue weighted by atomic mass is 10.1. The van der Waals surface area contributed by atoms with Crippen LogP contribution in [0.25, 0.3) is 10.2 Å². The third-order valence-corrected chi connectivity index (χ3v) is 7.20. The molecule has 6 nitrogen and oxygen atoms in total. The van der Waals surface area contributed by atoms with Crippen LogP contribution < -0.4 is 4.90 Å². The Morgan fingerprint density at radius 2 is 1.80 bits per heavy atom. The van der Waals surface area contributed by atoms with Gasteiger partial charge in [0.05, 0.1) is 15.1 Å². The summed E-state index contributed by atoms with van der Waals surface area (Å²) in [6.45, 7) is 9.20. The maximum absolute atomic E-state index is 13.4. The molecule has 3 rings (SSSR count). The van der Waals surface area contributed by atoms with Gasteiger partial charge < -0.3 is 4.90 Å². The van der Waals surface area contributed by atoms with Crippen molar-refractivity contribution in [3.63, 3.8) is 0 Å². The Morgan fingerprint density at radius 3 is 2.43 bits per heavy atom. The van der Waals surface area contributed by atoms with Gasteiger partial charge in [-0.05, 0) is 50.3 Å². The van der Waals surface area contributed by atoms with Crippen molar-refractivity contribution in [3.05, 3.63) is 53.6 Å². The number of aromatic nitrogens is 1. The van der Waals surface area contributed by atoms with Crippen molar-refractivity contribution >= 4 is 42.4 Å². The van der Waals surface area contributed by atoms with Crippen LogP contribution >= 0.6 is 11.3 Å². The van der Waals surface area contributed by atoms with Gasteiger partial charge in [-0.1, -0.05) is 42.9 Å². The molecule has 0 N–H and O–H groups in total. The monoisotopic (exact) mass is 445 g/mol. The summed E-state index contributed by atoms with van der Waals surface area (Å²) in [5, 5.41) is 0.578. The van der Waals surface area contributed by atoms with Gasteiger partial charge in [0.2, 0.25) is 0 Å². The Morgan fingerprint density at radius 1 is 1.07 bits per heavy atom. The Kier molecular flexibility index (Phi) is 6.90. The van der Waals surface area contributed by atoms with E-state index >= 15 is 0 Å². The molecule has 0 aliphatic heterocycles. The molecule has 0 unspecified atom stereocenters. The highest BCUT2D eigenvalue weighted by Gasteiger charge is 2.22. The first-order valence-corrected chi connectivity index (χ1v) is 12.6. The summed E-state index contributed by atoms with van der Waals surface area (Å²) >= 11 is 1.34. The highest BCUT2D eigenvalue weighted by Crippen LogP contribution is 2.31. The standard InChI is InChI=1S/C22H27N3O3S2/c1-5-24(6-2)12-13-25(21(26)17-9-7-8-16(3)14-17)22-23-19-11-10-18(30(4,27)28)15-20(19)29-22/h7-11,14-15H,5-6,12-13H2,1-4H3. The van der Waals surface area contributed by atoms with Crippen molar-refractivity contribution in [2.24, 2.45) is 0 Å². The SMILES string of the molecule is CCN(CC)CCN(C(=O)c1cccc(C)c1)c1nc2ccc(S(C)(=O)=O)cc2s1. The summed E-state index contributed by atoms with van der Waals surface area (Å²) in [5.41, 5.74) is 2.32. The molecular formula is C22H27N3O3S2. The van der Waals surface area contributed by atoms with Crippen molar-refractivity contribution in [2.75, 3.05) is 37.3 Å². The average Bonchev–Trinajstić information content (AvgIpc) is 3.13. The molecule has 1 amide bonds. The molecule has 3 aromatic rings. The van der Waals surface area contributed by atoms with E-state index in [-0.39, 0.29) is 10.8 Å². The fourth-order valence-corrected chi connectivity index (χ4v) is 4.99. The molecule has 1 heterocycles. The zero-order valence-electron chi connectivity index (χ0n) is 17.8. The van der Waals surface area contributed by atoms with E-state index in [1.165, 1.54) is 17.6 Å². The van der Waals surface area contributed by atoms with Gasteiger partial charge in [0.1, 0.15) is 0 Å². The molecule has 8 heteroatoms. The minimum absolute atomic E-state index is 0.103. The molecule has 1 aromatic heterocycles. The molecule has 160 valence electrons. The molecule has 0 aliphatic rings. The molecule has 0 saturated heterocycles. The number of carbonyl (C=O) groups is 1. The van der Waals surface area contributed by atoms with E-state index in [9.17, 15) is 13.2 Å².